The standard InChI is InChI=1S/C22H18Cl3N3O3S/c23-14-2-4-18(28-7-9-30-10-8-28)17(12-14)26-22(32)27-21(29)20-6-5-19(31-20)13-1-3-15(24)16(25)11-13/h1-6,11-12H,7-10H2,(H2,26,27,29,32). The Hall–Kier alpha value is -2.29. The Morgan fingerprint density at radius 1 is 0.969 bits per heavy atom. The number of nitrogens with zero attached hydrogens (tertiary/aromatic N) is 1. The highest BCUT2D eigenvalue weighted by Gasteiger charge is 2.18. The zero-order valence-electron chi connectivity index (χ0n) is 16.7. The average molecular weight is 511 g/mol. The van der Waals surface area contributed by atoms with Crippen molar-refractivity contribution >= 4 is 69.4 Å². The molecule has 2 N–H and O–H groups in total. The molecule has 6 nitrogen and oxygen atoms in total. The highest BCUT2D eigenvalue weighted by atomic mass is 35.5. The van der Waals surface area contributed by atoms with E-state index in [-0.39, 0.29) is 10.9 Å². The van der Waals surface area contributed by atoms with Crippen LogP contribution in [0.25, 0.3) is 11.3 Å². The Bertz CT molecular complexity index is 1160. The number of hydrogen-bond acceptors (Lipinski definition) is 5. The Labute approximate surface area is 205 Å². The van der Waals surface area contributed by atoms with Crippen LogP contribution in [0.1, 0.15) is 10.6 Å². The molecule has 0 radical (unpaired) electrons. The zero-order chi connectivity index (χ0) is 22.7. The minimum Gasteiger partial charge on any atom is -0.451 e. The second-order valence-corrected chi connectivity index (χ2v) is 8.62. The molecule has 32 heavy (non-hydrogen) atoms. The number of amides is 1. The molecule has 3 aromatic rings. The summed E-state index contributed by atoms with van der Waals surface area (Å²) in [6, 6.07) is 13.8. The molecular formula is C22H18Cl3N3O3S. The highest BCUT2D eigenvalue weighted by Crippen LogP contribution is 2.31. The van der Waals surface area contributed by atoms with Gasteiger partial charge in [-0.1, -0.05) is 34.8 Å². The lowest BCUT2D eigenvalue weighted by Crippen LogP contribution is -2.38. The van der Waals surface area contributed by atoms with Crippen LogP contribution in [0, 0.1) is 0 Å². The van der Waals surface area contributed by atoms with Crippen LogP contribution in [0.3, 0.4) is 0 Å². The summed E-state index contributed by atoms with van der Waals surface area (Å²) in [5.74, 6) is 0.107. The second-order valence-electron chi connectivity index (χ2n) is 6.96. The molecule has 1 aromatic heterocycles. The van der Waals surface area contributed by atoms with Crippen molar-refractivity contribution in [2.24, 2.45) is 0 Å². The van der Waals surface area contributed by atoms with E-state index in [0.29, 0.717) is 45.3 Å². The number of carbonyl (C=O) groups is 1. The highest BCUT2D eigenvalue weighted by molar-refractivity contribution is 7.80. The normalized spacial score (nSPS) is 13.7. The molecule has 0 spiro atoms. The molecule has 1 fully saturated rings. The fraction of sp³-hybridized carbons (Fsp3) is 0.182. The first-order valence-electron chi connectivity index (χ1n) is 9.70. The minimum absolute atomic E-state index is 0.106. The maximum atomic E-state index is 12.6. The number of ether oxygens (including phenoxy) is 1. The number of nitrogens with one attached hydrogen (secondary N) is 2. The second kappa shape index (κ2) is 10.1. The molecule has 0 bridgehead atoms. The molecule has 1 aliphatic rings. The lowest BCUT2D eigenvalue weighted by molar-refractivity contribution is 0.0951. The molecule has 0 saturated carbocycles. The number of anilines is 2. The predicted molar refractivity (Wildman–Crippen MR) is 132 cm³/mol. The van der Waals surface area contributed by atoms with E-state index in [1.165, 1.54) is 0 Å². The Kier molecular flexibility index (Phi) is 7.23. The molecule has 1 saturated heterocycles. The van der Waals surface area contributed by atoms with E-state index >= 15 is 0 Å². The summed E-state index contributed by atoms with van der Waals surface area (Å²) in [6.45, 7) is 2.78. The van der Waals surface area contributed by atoms with Gasteiger partial charge < -0.3 is 19.4 Å². The molecule has 0 atom stereocenters. The predicted octanol–water partition coefficient (Wildman–Crippen LogP) is 5.87. The number of thiocarbonyl (C=S) groups is 1. The van der Waals surface area contributed by atoms with Gasteiger partial charge in [0.2, 0.25) is 0 Å². The first kappa shape index (κ1) is 22.9. The average Bonchev–Trinajstić information content (AvgIpc) is 3.27. The van der Waals surface area contributed by atoms with Crippen LogP contribution >= 0.6 is 47.0 Å². The van der Waals surface area contributed by atoms with Crippen molar-refractivity contribution in [3.05, 3.63) is 69.4 Å². The molecule has 2 heterocycles. The van der Waals surface area contributed by atoms with Crippen molar-refractivity contribution in [2.45, 2.75) is 0 Å². The van der Waals surface area contributed by atoms with Crippen molar-refractivity contribution < 1.29 is 13.9 Å². The number of benzene rings is 2. The summed E-state index contributed by atoms with van der Waals surface area (Å²) in [6.07, 6.45) is 0. The van der Waals surface area contributed by atoms with Gasteiger partial charge in [0, 0.05) is 23.7 Å². The van der Waals surface area contributed by atoms with Gasteiger partial charge in [0.25, 0.3) is 5.91 Å². The molecule has 2 aromatic carbocycles. The molecule has 1 aliphatic heterocycles. The first-order chi connectivity index (χ1) is 15.4. The Morgan fingerprint density at radius 3 is 2.50 bits per heavy atom. The third kappa shape index (κ3) is 5.36. The van der Waals surface area contributed by atoms with Gasteiger partial charge in [0.1, 0.15) is 5.76 Å². The van der Waals surface area contributed by atoms with Crippen LogP contribution in [0.15, 0.2) is 52.9 Å². The Morgan fingerprint density at radius 2 is 1.75 bits per heavy atom. The van der Waals surface area contributed by atoms with Crippen molar-refractivity contribution in [1.29, 1.82) is 0 Å². The smallest absolute Gasteiger partial charge is 0.293 e. The first-order valence-corrected chi connectivity index (χ1v) is 11.2. The topological polar surface area (TPSA) is 66.7 Å². The van der Waals surface area contributed by atoms with Crippen LogP contribution in [-0.2, 0) is 4.74 Å². The fourth-order valence-corrected chi connectivity index (χ4v) is 3.94. The van der Waals surface area contributed by atoms with E-state index in [1.54, 1.807) is 36.4 Å². The Balaban J connectivity index is 1.45. The van der Waals surface area contributed by atoms with Gasteiger partial charge in [-0.05, 0) is 60.7 Å². The van der Waals surface area contributed by atoms with Gasteiger partial charge in [0.15, 0.2) is 10.9 Å². The van der Waals surface area contributed by atoms with E-state index in [2.05, 4.69) is 15.5 Å². The zero-order valence-corrected chi connectivity index (χ0v) is 19.7. The van der Waals surface area contributed by atoms with Crippen LogP contribution in [-0.4, -0.2) is 37.3 Å². The van der Waals surface area contributed by atoms with Crippen molar-refractivity contribution in [3.8, 4) is 11.3 Å². The van der Waals surface area contributed by atoms with Crippen molar-refractivity contribution in [3.63, 3.8) is 0 Å². The van der Waals surface area contributed by atoms with Gasteiger partial charge in [-0.15, -0.1) is 0 Å². The van der Waals surface area contributed by atoms with Crippen molar-refractivity contribution in [2.75, 3.05) is 36.5 Å². The minimum atomic E-state index is -0.483. The van der Waals surface area contributed by atoms with E-state index in [9.17, 15) is 4.79 Å². The lowest BCUT2D eigenvalue weighted by atomic mass is 10.2. The van der Waals surface area contributed by atoms with Crippen LogP contribution in [0.5, 0.6) is 0 Å². The van der Waals surface area contributed by atoms with Crippen LogP contribution < -0.4 is 15.5 Å². The summed E-state index contributed by atoms with van der Waals surface area (Å²) in [5.41, 5.74) is 2.32. The molecule has 4 rings (SSSR count). The largest absolute Gasteiger partial charge is 0.451 e. The summed E-state index contributed by atoms with van der Waals surface area (Å²) in [7, 11) is 0. The number of furan rings is 1. The van der Waals surface area contributed by atoms with Crippen LogP contribution in [0.2, 0.25) is 15.1 Å². The molecule has 1 amide bonds. The summed E-state index contributed by atoms with van der Waals surface area (Å²) >= 11 is 23.5. The number of morpholine rings is 1. The molecular weight excluding hydrogens is 493 g/mol. The number of carbonyl (C=O) groups excluding carboxylic acids is 1. The number of halogens is 3. The third-order valence-corrected chi connectivity index (χ3v) is 6.00. The van der Waals surface area contributed by atoms with Gasteiger partial charge in [0.05, 0.1) is 34.6 Å². The molecule has 10 heteroatoms. The summed E-state index contributed by atoms with van der Waals surface area (Å²) < 4.78 is 11.1. The summed E-state index contributed by atoms with van der Waals surface area (Å²) in [4.78, 5) is 14.8. The monoisotopic (exact) mass is 509 g/mol. The lowest BCUT2D eigenvalue weighted by Gasteiger charge is -2.30. The van der Waals surface area contributed by atoms with E-state index in [1.807, 2.05) is 12.1 Å². The van der Waals surface area contributed by atoms with Gasteiger partial charge in [-0.3, -0.25) is 10.1 Å². The number of rotatable bonds is 4. The maximum absolute atomic E-state index is 12.6. The van der Waals surface area contributed by atoms with E-state index in [0.717, 1.165) is 18.8 Å². The van der Waals surface area contributed by atoms with E-state index < -0.39 is 5.91 Å². The van der Waals surface area contributed by atoms with Crippen molar-refractivity contribution in [1.82, 2.24) is 5.32 Å². The maximum Gasteiger partial charge on any atom is 0.293 e. The molecule has 166 valence electrons. The SMILES string of the molecule is O=C(NC(=S)Nc1cc(Cl)ccc1N1CCOCC1)c1ccc(-c2ccc(Cl)c(Cl)c2)o1. The van der Waals surface area contributed by atoms with Gasteiger partial charge >= 0.3 is 0 Å². The van der Waals surface area contributed by atoms with Gasteiger partial charge in [-0.25, -0.2) is 0 Å². The molecule has 0 unspecified atom stereocenters. The number of hydrogen-bond donors (Lipinski definition) is 2. The third-order valence-electron chi connectivity index (χ3n) is 4.82. The van der Waals surface area contributed by atoms with Crippen LogP contribution in [0.4, 0.5) is 11.4 Å². The quantitative estimate of drug-likeness (QED) is 0.428. The van der Waals surface area contributed by atoms with E-state index in [4.69, 9.17) is 56.2 Å². The summed E-state index contributed by atoms with van der Waals surface area (Å²) in [5, 5.41) is 7.21. The van der Waals surface area contributed by atoms with Gasteiger partial charge in [-0.2, -0.15) is 0 Å². The molecule has 0 aliphatic carbocycles. The fourth-order valence-electron chi connectivity index (χ4n) is 3.27.